The highest BCUT2D eigenvalue weighted by Gasteiger charge is 2.19. The van der Waals surface area contributed by atoms with Crippen molar-refractivity contribution in [3.63, 3.8) is 0 Å². The zero-order valence-electron chi connectivity index (χ0n) is 15.4. The molecule has 0 unspecified atom stereocenters. The van der Waals surface area contributed by atoms with Crippen molar-refractivity contribution in [2.24, 2.45) is 0 Å². The van der Waals surface area contributed by atoms with Gasteiger partial charge in [0.15, 0.2) is 0 Å². The molecule has 1 aliphatic rings. The summed E-state index contributed by atoms with van der Waals surface area (Å²) in [5, 5.41) is 2.99. The van der Waals surface area contributed by atoms with Crippen LogP contribution in [0.5, 0.6) is 0 Å². The number of pyridine rings is 2. The van der Waals surface area contributed by atoms with Gasteiger partial charge in [-0.3, -0.25) is 4.79 Å². The Bertz CT molecular complexity index is 698. The molecule has 0 bridgehead atoms. The fraction of sp³-hybridized carbons (Fsp3) is 0.450. The minimum atomic E-state index is -0.0168. The van der Waals surface area contributed by atoms with E-state index < -0.39 is 0 Å². The molecule has 3 rings (SSSR count). The number of anilines is 2. The fourth-order valence-electron chi connectivity index (χ4n) is 3.12. The summed E-state index contributed by atoms with van der Waals surface area (Å²) in [7, 11) is 0. The molecule has 1 saturated heterocycles. The Hall–Kier alpha value is -2.63. The molecule has 0 radical (unpaired) electrons. The summed E-state index contributed by atoms with van der Waals surface area (Å²) >= 11 is 0. The largest absolute Gasteiger partial charge is 0.353 e. The number of carbonyl (C=O) groups excluding carboxylic acids is 1. The van der Waals surface area contributed by atoms with Gasteiger partial charge >= 0.3 is 0 Å². The van der Waals surface area contributed by atoms with Gasteiger partial charge in [0, 0.05) is 50.7 Å². The first-order valence-corrected chi connectivity index (χ1v) is 9.43. The SMILES string of the molecule is CCCCCNC(=O)c1ccnc(N2CCN(c3ccccn3)CC2)c1. The highest BCUT2D eigenvalue weighted by atomic mass is 16.1. The minimum Gasteiger partial charge on any atom is -0.353 e. The quantitative estimate of drug-likeness (QED) is 0.776. The number of nitrogens with zero attached hydrogens (tertiary/aromatic N) is 4. The number of rotatable bonds is 7. The van der Waals surface area contributed by atoms with Gasteiger partial charge in [0.05, 0.1) is 0 Å². The third-order valence-corrected chi connectivity index (χ3v) is 4.65. The van der Waals surface area contributed by atoms with E-state index in [9.17, 15) is 4.79 Å². The van der Waals surface area contributed by atoms with Crippen molar-refractivity contribution in [2.75, 3.05) is 42.5 Å². The smallest absolute Gasteiger partial charge is 0.251 e. The van der Waals surface area contributed by atoms with Gasteiger partial charge < -0.3 is 15.1 Å². The lowest BCUT2D eigenvalue weighted by Crippen LogP contribution is -2.47. The van der Waals surface area contributed by atoms with Crippen molar-refractivity contribution in [1.82, 2.24) is 15.3 Å². The van der Waals surface area contributed by atoms with Crippen molar-refractivity contribution >= 4 is 17.5 Å². The summed E-state index contributed by atoms with van der Waals surface area (Å²) in [6.45, 7) is 6.41. The van der Waals surface area contributed by atoms with Crippen molar-refractivity contribution in [1.29, 1.82) is 0 Å². The molecule has 0 atom stereocenters. The maximum Gasteiger partial charge on any atom is 0.251 e. The van der Waals surface area contributed by atoms with Gasteiger partial charge in [-0.25, -0.2) is 9.97 Å². The van der Waals surface area contributed by atoms with Gasteiger partial charge in [0.25, 0.3) is 5.91 Å². The average Bonchev–Trinajstić information content (AvgIpc) is 2.72. The van der Waals surface area contributed by atoms with Crippen LogP contribution in [0.4, 0.5) is 11.6 Å². The van der Waals surface area contributed by atoms with Gasteiger partial charge in [-0.2, -0.15) is 0 Å². The second-order valence-electron chi connectivity index (χ2n) is 6.53. The maximum absolute atomic E-state index is 12.3. The molecule has 2 aromatic heterocycles. The molecule has 6 nitrogen and oxygen atoms in total. The van der Waals surface area contributed by atoms with Crippen LogP contribution in [-0.2, 0) is 0 Å². The Labute approximate surface area is 155 Å². The van der Waals surface area contributed by atoms with E-state index in [1.165, 1.54) is 0 Å². The molecule has 0 aliphatic carbocycles. The molecule has 6 heteroatoms. The Morgan fingerprint density at radius 3 is 2.42 bits per heavy atom. The predicted octanol–water partition coefficient (Wildman–Crippen LogP) is 2.72. The topological polar surface area (TPSA) is 61.4 Å². The van der Waals surface area contributed by atoms with E-state index in [-0.39, 0.29) is 5.91 Å². The summed E-state index contributed by atoms with van der Waals surface area (Å²) in [6.07, 6.45) is 6.87. The van der Waals surface area contributed by atoms with Crippen LogP contribution >= 0.6 is 0 Å². The molecular weight excluding hydrogens is 326 g/mol. The van der Waals surface area contributed by atoms with Crippen LogP contribution in [0.2, 0.25) is 0 Å². The number of piperazine rings is 1. The molecule has 138 valence electrons. The van der Waals surface area contributed by atoms with Crippen molar-refractivity contribution in [3.8, 4) is 0 Å². The molecule has 0 saturated carbocycles. The number of hydrogen-bond donors (Lipinski definition) is 1. The van der Waals surface area contributed by atoms with Gasteiger partial charge in [0.1, 0.15) is 11.6 Å². The number of carbonyl (C=O) groups is 1. The highest BCUT2D eigenvalue weighted by Crippen LogP contribution is 2.18. The lowest BCUT2D eigenvalue weighted by Gasteiger charge is -2.36. The number of nitrogens with one attached hydrogen (secondary N) is 1. The van der Waals surface area contributed by atoms with Gasteiger partial charge in [0.2, 0.25) is 0 Å². The molecule has 1 amide bonds. The van der Waals surface area contributed by atoms with E-state index in [1.807, 2.05) is 30.5 Å². The monoisotopic (exact) mass is 353 g/mol. The Morgan fingerprint density at radius 2 is 1.73 bits per heavy atom. The standard InChI is InChI=1S/C20H27N5O/c1-2-3-5-10-23-20(26)17-8-11-22-19(16-17)25-14-12-24(13-15-25)18-7-4-6-9-21-18/h4,6-9,11,16H,2-3,5,10,12-15H2,1H3,(H,23,26). The second kappa shape index (κ2) is 9.17. The first kappa shape index (κ1) is 18.2. The number of aromatic nitrogens is 2. The van der Waals surface area contributed by atoms with Crippen LogP contribution in [0.3, 0.4) is 0 Å². The Morgan fingerprint density at radius 1 is 1.00 bits per heavy atom. The lowest BCUT2D eigenvalue weighted by atomic mass is 10.2. The molecule has 26 heavy (non-hydrogen) atoms. The predicted molar refractivity (Wildman–Crippen MR) is 105 cm³/mol. The summed E-state index contributed by atoms with van der Waals surface area (Å²) in [4.78, 5) is 25.7. The van der Waals surface area contributed by atoms with E-state index in [2.05, 4.69) is 32.0 Å². The van der Waals surface area contributed by atoms with E-state index >= 15 is 0 Å². The normalized spacial score (nSPS) is 14.3. The zero-order valence-corrected chi connectivity index (χ0v) is 15.4. The Balaban J connectivity index is 1.56. The average molecular weight is 353 g/mol. The molecule has 1 N–H and O–H groups in total. The summed E-state index contributed by atoms with van der Waals surface area (Å²) in [5.41, 5.74) is 0.679. The maximum atomic E-state index is 12.3. The number of unbranched alkanes of at least 4 members (excludes halogenated alkanes) is 2. The molecule has 1 fully saturated rings. The third kappa shape index (κ3) is 4.71. The first-order valence-electron chi connectivity index (χ1n) is 9.43. The van der Waals surface area contributed by atoms with Crippen LogP contribution in [0.1, 0.15) is 36.5 Å². The van der Waals surface area contributed by atoms with Crippen LogP contribution in [0, 0.1) is 0 Å². The third-order valence-electron chi connectivity index (χ3n) is 4.65. The molecule has 2 aromatic rings. The van der Waals surface area contributed by atoms with Gasteiger partial charge in [-0.05, 0) is 30.7 Å². The van der Waals surface area contributed by atoms with Crippen LogP contribution < -0.4 is 15.1 Å². The van der Waals surface area contributed by atoms with E-state index in [0.717, 1.165) is 63.6 Å². The highest BCUT2D eigenvalue weighted by molar-refractivity contribution is 5.94. The van der Waals surface area contributed by atoms with Crippen LogP contribution in [-0.4, -0.2) is 48.6 Å². The van der Waals surface area contributed by atoms with E-state index in [0.29, 0.717) is 5.56 Å². The van der Waals surface area contributed by atoms with Crippen molar-refractivity contribution in [2.45, 2.75) is 26.2 Å². The first-order chi connectivity index (χ1) is 12.8. The van der Waals surface area contributed by atoms with Crippen LogP contribution in [0.25, 0.3) is 0 Å². The van der Waals surface area contributed by atoms with Gasteiger partial charge in [-0.15, -0.1) is 0 Å². The molecule has 1 aliphatic heterocycles. The van der Waals surface area contributed by atoms with E-state index in [1.54, 1.807) is 12.3 Å². The Kier molecular flexibility index (Phi) is 6.41. The molecule has 0 spiro atoms. The van der Waals surface area contributed by atoms with Crippen LogP contribution in [0.15, 0.2) is 42.7 Å². The minimum absolute atomic E-state index is 0.0168. The zero-order chi connectivity index (χ0) is 18.2. The number of hydrogen-bond acceptors (Lipinski definition) is 5. The van der Waals surface area contributed by atoms with Gasteiger partial charge in [-0.1, -0.05) is 25.8 Å². The van der Waals surface area contributed by atoms with Crippen molar-refractivity contribution in [3.05, 3.63) is 48.3 Å². The molecular formula is C20H27N5O. The summed E-state index contributed by atoms with van der Waals surface area (Å²) < 4.78 is 0. The summed E-state index contributed by atoms with van der Waals surface area (Å²) in [5.74, 6) is 1.86. The lowest BCUT2D eigenvalue weighted by molar-refractivity contribution is 0.0953. The molecule has 0 aromatic carbocycles. The summed E-state index contributed by atoms with van der Waals surface area (Å²) in [6, 6.07) is 9.66. The van der Waals surface area contributed by atoms with Crippen molar-refractivity contribution < 1.29 is 4.79 Å². The fourth-order valence-corrected chi connectivity index (χ4v) is 3.12. The molecule has 3 heterocycles. The second-order valence-corrected chi connectivity index (χ2v) is 6.53. The number of amides is 1. The van der Waals surface area contributed by atoms with E-state index in [4.69, 9.17) is 0 Å².